The molecule has 2 heterocycles. The van der Waals surface area contributed by atoms with E-state index in [0.717, 1.165) is 32.2 Å². The lowest BCUT2D eigenvalue weighted by atomic mass is 10.2. The van der Waals surface area contributed by atoms with Crippen LogP contribution in [0.25, 0.3) is 10.2 Å². The molecule has 0 aliphatic carbocycles. The van der Waals surface area contributed by atoms with E-state index in [-0.39, 0.29) is 5.56 Å². The lowest BCUT2D eigenvalue weighted by Gasteiger charge is -2.09. The van der Waals surface area contributed by atoms with Gasteiger partial charge in [-0.05, 0) is 50.6 Å². The molecule has 126 valence electrons. The number of hydrogen-bond donors (Lipinski definition) is 0. The van der Waals surface area contributed by atoms with Crippen LogP contribution < -0.4 is 15.0 Å². The molecule has 0 unspecified atom stereocenters. The smallest absolute Gasteiger partial charge is 0.262 e. The van der Waals surface area contributed by atoms with Gasteiger partial charge in [-0.25, -0.2) is 4.98 Å². The van der Waals surface area contributed by atoms with Crippen LogP contribution in [0.4, 0.5) is 0 Å². The van der Waals surface area contributed by atoms with Crippen LogP contribution in [-0.4, -0.2) is 22.8 Å². The molecule has 0 fully saturated rings. The highest BCUT2D eigenvalue weighted by molar-refractivity contribution is 7.18. The zero-order valence-corrected chi connectivity index (χ0v) is 14.9. The molecule has 0 N–H and O–H groups in total. The topological polar surface area (TPSA) is 53.4 Å². The van der Waals surface area contributed by atoms with Crippen LogP contribution in [0.1, 0.15) is 17.4 Å². The Hall–Kier alpha value is -2.34. The first kappa shape index (κ1) is 16.5. The molecule has 0 bridgehead atoms. The van der Waals surface area contributed by atoms with Crippen molar-refractivity contribution >= 4 is 21.6 Å². The molecule has 0 saturated heterocycles. The van der Waals surface area contributed by atoms with Gasteiger partial charge < -0.3 is 9.47 Å². The summed E-state index contributed by atoms with van der Waals surface area (Å²) in [6, 6.07) is 7.47. The largest absolute Gasteiger partial charge is 0.494 e. The average molecular weight is 344 g/mol. The van der Waals surface area contributed by atoms with Crippen LogP contribution in [0.2, 0.25) is 0 Å². The van der Waals surface area contributed by atoms with Crippen molar-refractivity contribution in [3.8, 4) is 11.5 Å². The fourth-order valence-electron chi connectivity index (χ4n) is 2.49. The van der Waals surface area contributed by atoms with Crippen molar-refractivity contribution in [3.05, 3.63) is 51.4 Å². The van der Waals surface area contributed by atoms with Gasteiger partial charge in [0.25, 0.3) is 5.56 Å². The molecular weight excluding hydrogens is 324 g/mol. The first-order valence-electron chi connectivity index (χ1n) is 7.91. The van der Waals surface area contributed by atoms with Crippen LogP contribution in [0.5, 0.6) is 11.5 Å². The first-order chi connectivity index (χ1) is 11.6. The summed E-state index contributed by atoms with van der Waals surface area (Å²) < 4.78 is 12.7. The molecular formula is C18H20N2O3S. The highest BCUT2D eigenvalue weighted by atomic mass is 32.1. The van der Waals surface area contributed by atoms with E-state index in [2.05, 4.69) is 4.98 Å². The number of fused-ring (bicyclic) bond motifs is 1. The molecule has 2 aromatic heterocycles. The molecule has 1 aromatic carbocycles. The molecule has 0 aliphatic rings. The number of ether oxygens (including phenoxy) is 2. The van der Waals surface area contributed by atoms with Crippen molar-refractivity contribution < 1.29 is 9.47 Å². The maximum atomic E-state index is 12.6. The minimum absolute atomic E-state index is 0.00264. The quantitative estimate of drug-likeness (QED) is 0.686. The molecule has 3 aromatic rings. The summed E-state index contributed by atoms with van der Waals surface area (Å²) >= 11 is 1.56. The number of thiophene rings is 1. The Morgan fingerprint density at radius 3 is 2.46 bits per heavy atom. The predicted molar refractivity (Wildman–Crippen MR) is 96.5 cm³/mol. The monoisotopic (exact) mass is 344 g/mol. The Morgan fingerprint density at radius 2 is 1.79 bits per heavy atom. The number of benzene rings is 1. The van der Waals surface area contributed by atoms with E-state index in [1.54, 1.807) is 22.2 Å². The van der Waals surface area contributed by atoms with Crippen molar-refractivity contribution in [2.45, 2.75) is 27.3 Å². The highest BCUT2D eigenvalue weighted by Gasteiger charge is 2.11. The van der Waals surface area contributed by atoms with E-state index >= 15 is 0 Å². The summed E-state index contributed by atoms with van der Waals surface area (Å²) in [4.78, 5) is 18.9. The number of hydrogen-bond acceptors (Lipinski definition) is 5. The van der Waals surface area contributed by atoms with E-state index in [4.69, 9.17) is 9.47 Å². The Labute approximate surface area is 144 Å². The molecule has 0 radical (unpaired) electrons. The molecule has 0 atom stereocenters. The van der Waals surface area contributed by atoms with Gasteiger partial charge in [-0.1, -0.05) is 0 Å². The second-order valence-corrected chi connectivity index (χ2v) is 6.66. The van der Waals surface area contributed by atoms with Crippen LogP contribution in [0, 0.1) is 13.8 Å². The minimum atomic E-state index is -0.00264. The summed E-state index contributed by atoms with van der Waals surface area (Å²) in [5.74, 6) is 1.57. The van der Waals surface area contributed by atoms with Gasteiger partial charge in [-0.15, -0.1) is 11.3 Å². The van der Waals surface area contributed by atoms with Crippen molar-refractivity contribution in [2.75, 3.05) is 13.2 Å². The van der Waals surface area contributed by atoms with Gasteiger partial charge in [0.15, 0.2) is 0 Å². The maximum absolute atomic E-state index is 12.6. The van der Waals surface area contributed by atoms with Gasteiger partial charge in [0.05, 0.1) is 24.9 Å². The van der Waals surface area contributed by atoms with E-state index in [0.29, 0.717) is 19.8 Å². The van der Waals surface area contributed by atoms with Crippen molar-refractivity contribution in [1.82, 2.24) is 9.55 Å². The lowest BCUT2D eigenvalue weighted by Crippen LogP contribution is -2.23. The zero-order valence-electron chi connectivity index (χ0n) is 14.0. The zero-order chi connectivity index (χ0) is 17.1. The Balaban J connectivity index is 1.68. The molecule has 0 aliphatic heterocycles. The molecule has 24 heavy (non-hydrogen) atoms. The van der Waals surface area contributed by atoms with Gasteiger partial charge in [-0.3, -0.25) is 9.36 Å². The molecule has 5 nitrogen and oxygen atoms in total. The molecule has 0 amide bonds. The number of aromatic nitrogens is 2. The third-order valence-corrected chi connectivity index (χ3v) is 5.01. The maximum Gasteiger partial charge on any atom is 0.262 e. The summed E-state index contributed by atoms with van der Waals surface area (Å²) in [7, 11) is 0. The summed E-state index contributed by atoms with van der Waals surface area (Å²) in [5, 5.41) is 0.723. The normalized spacial score (nSPS) is 11.0. The number of rotatable bonds is 6. The van der Waals surface area contributed by atoms with Gasteiger partial charge in [0.2, 0.25) is 0 Å². The minimum Gasteiger partial charge on any atom is -0.494 e. The van der Waals surface area contributed by atoms with Gasteiger partial charge in [0, 0.05) is 4.88 Å². The third kappa shape index (κ3) is 3.28. The van der Waals surface area contributed by atoms with E-state index in [1.165, 1.54) is 0 Å². The van der Waals surface area contributed by atoms with Crippen LogP contribution >= 0.6 is 11.3 Å². The second kappa shape index (κ2) is 7.05. The standard InChI is InChI=1S/C18H20N2O3S/c1-4-22-14-5-7-15(8-6-14)23-10-9-20-11-19-17-16(18(20)21)12(2)13(3)24-17/h5-8,11H,4,9-10H2,1-3H3. The first-order valence-corrected chi connectivity index (χ1v) is 8.72. The SMILES string of the molecule is CCOc1ccc(OCCn2cnc3sc(C)c(C)c3c2=O)cc1. The van der Waals surface area contributed by atoms with Crippen molar-refractivity contribution in [1.29, 1.82) is 0 Å². The van der Waals surface area contributed by atoms with E-state index in [1.807, 2.05) is 45.0 Å². The van der Waals surface area contributed by atoms with Crippen LogP contribution in [0.15, 0.2) is 35.4 Å². The van der Waals surface area contributed by atoms with Gasteiger partial charge in [0.1, 0.15) is 22.9 Å². The summed E-state index contributed by atoms with van der Waals surface area (Å²) in [5.41, 5.74) is 1.02. The lowest BCUT2D eigenvalue weighted by molar-refractivity contribution is 0.294. The Morgan fingerprint density at radius 1 is 1.12 bits per heavy atom. The van der Waals surface area contributed by atoms with Crippen LogP contribution in [-0.2, 0) is 6.54 Å². The van der Waals surface area contributed by atoms with Crippen LogP contribution in [0.3, 0.4) is 0 Å². The Kier molecular flexibility index (Phi) is 4.85. The second-order valence-electron chi connectivity index (χ2n) is 5.46. The molecule has 0 saturated carbocycles. The summed E-state index contributed by atoms with van der Waals surface area (Å²) in [6.45, 7) is 7.44. The predicted octanol–water partition coefficient (Wildman–Crippen LogP) is 3.55. The molecule has 6 heteroatoms. The molecule has 0 spiro atoms. The summed E-state index contributed by atoms with van der Waals surface area (Å²) in [6.07, 6.45) is 1.60. The van der Waals surface area contributed by atoms with Crippen molar-refractivity contribution in [3.63, 3.8) is 0 Å². The average Bonchev–Trinajstić information content (AvgIpc) is 2.87. The Bertz CT molecular complexity index is 897. The van der Waals surface area contributed by atoms with E-state index in [9.17, 15) is 4.79 Å². The number of nitrogens with zero attached hydrogens (tertiary/aromatic N) is 2. The fourth-order valence-corrected chi connectivity index (χ4v) is 3.48. The van der Waals surface area contributed by atoms with Gasteiger partial charge in [-0.2, -0.15) is 0 Å². The van der Waals surface area contributed by atoms with Gasteiger partial charge >= 0.3 is 0 Å². The van der Waals surface area contributed by atoms with E-state index < -0.39 is 0 Å². The number of aryl methyl sites for hydroxylation is 2. The molecule has 3 rings (SSSR count). The fraction of sp³-hybridized carbons (Fsp3) is 0.333. The third-order valence-electron chi connectivity index (χ3n) is 3.89. The van der Waals surface area contributed by atoms with Crippen molar-refractivity contribution in [2.24, 2.45) is 0 Å². The highest BCUT2D eigenvalue weighted by Crippen LogP contribution is 2.25.